The molecular weight excluding hydrogens is 350 g/mol. The molecule has 0 spiro atoms. The van der Waals surface area contributed by atoms with Crippen molar-refractivity contribution in [2.24, 2.45) is 16.8 Å². The normalized spacial score (nSPS) is 25.4. The number of carbonyl (C=O) groups excluding carboxylic acids is 1. The number of amides is 1. The van der Waals surface area contributed by atoms with Crippen molar-refractivity contribution in [3.8, 4) is 0 Å². The number of guanidine groups is 1. The van der Waals surface area contributed by atoms with Gasteiger partial charge in [0.1, 0.15) is 0 Å². The molecule has 0 aromatic heterocycles. The second kappa shape index (κ2) is 11.0. The molecule has 0 aromatic carbocycles. The zero-order valence-corrected chi connectivity index (χ0v) is 18.1. The molecule has 6 nitrogen and oxygen atoms in total. The average molecular weight is 392 g/mol. The van der Waals surface area contributed by atoms with Crippen molar-refractivity contribution >= 4 is 11.9 Å². The largest absolute Gasteiger partial charge is 0.357 e. The van der Waals surface area contributed by atoms with Gasteiger partial charge in [0.25, 0.3) is 0 Å². The number of hydrogen-bond donors (Lipinski definition) is 2. The summed E-state index contributed by atoms with van der Waals surface area (Å²) in [7, 11) is 0. The second-order valence-corrected chi connectivity index (χ2v) is 8.82. The Morgan fingerprint density at radius 1 is 1.04 bits per heavy atom. The summed E-state index contributed by atoms with van der Waals surface area (Å²) < 4.78 is 0. The van der Waals surface area contributed by atoms with E-state index in [1.54, 1.807) is 0 Å². The molecule has 2 heterocycles. The summed E-state index contributed by atoms with van der Waals surface area (Å²) >= 11 is 0. The maximum Gasteiger partial charge on any atom is 0.225 e. The zero-order valence-electron chi connectivity index (χ0n) is 18.1. The fraction of sp³-hybridized carbons (Fsp3) is 0.909. The summed E-state index contributed by atoms with van der Waals surface area (Å²) in [5.74, 6) is 2.43. The summed E-state index contributed by atoms with van der Waals surface area (Å²) in [6.07, 6.45) is 9.47. The van der Waals surface area contributed by atoms with E-state index >= 15 is 0 Å². The van der Waals surface area contributed by atoms with Crippen LogP contribution in [0.5, 0.6) is 0 Å². The Morgan fingerprint density at radius 2 is 1.79 bits per heavy atom. The quantitative estimate of drug-likeness (QED) is 0.517. The summed E-state index contributed by atoms with van der Waals surface area (Å²) in [4.78, 5) is 22.1. The molecule has 28 heavy (non-hydrogen) atoms. The molecule has 6 heteroatoms. The topological polar surface area (TPSA) is 60.0 Å². The van der Waals surface area contributed by atoms with Gasteiger partial charge in [0.15, 0.2) is 5.96 Å². The highest BCUT2D eigenvalue weighted by molar-refractivity contribution is 5.81. The third kappa shape index (κ3) is 6.10. The molecule has 0 radical (unpaired) electrons. The molecule has 3 fully saturated rings. The van der Waals surface area contributed by atoms with E-state index in [0.29, 0.717) is 17.9 Å². The number of hydrogen-bond acceptors (Lipinski definition) is 3. The van der Waals surface area contributed by atoms with E-state index in [1.807, 2.05) is 0 Å². The lowest BCUT2D eigenvalue weighted by atomic mass is 9.94. The standard InChI is InChI=1S/C22H41N5O/c1-3-23-22(24-13-9-18-10-14-26(4-2)15-11-18)25-20-12-16-27(17-20)21(28)19-7-5-6-8-19/h18-20H,3-17H2,1-2H3,(H2,23,24,25). The van der Waals surface area contributed by atoms with Crippen molar-refractivity contribution in [3.05, 3.63) is 0 Å². The van der Waals surface area contributed by atoms with Crippen LogP contribution in [0, 0.1) is 11.8 Å². The Hall–Kier alpha value is -1.30. The van der Waals surface area contributed by atoms with Crippen LogP contribution in [-0.4, -0.2) is 73.5 Å². The molecule has 1 atom stereocenters. The molecule has 2 N–H and O–H groups in total. The van der Waals surface area contributed by atoms with E-state index < -0.39 is 0 Å². The van der Waals surface area contributed by atoms with Crippen molar-refractivity contribution in [2.45, 2.75) is 71.3 Å². The highest BCUT2D eigenvalue weighted by Gasteiger charge is 2.32. The van der Waals surface area contributed by atoms with Crippen LogP contribution in [0.3, 0.4) is 0 Å². The minimum Gasteiger partial charge on any atom is -0.357 e. The van der Waals surface area contributed by atoms with Crippen LogP contribution >= 0.6 is 0 Å². The number of piperidine rings is 1. The third-order valence-corrected chi connectivity index (χ3v) is 6.85. The number of nitrogens with zero attached hydrogens (tertiary/aromatic N) is 3. The fourth-order valence-electron chi connectivity index (χ4n) is 4.97. The number of aliphatic imine (C=N–C) groups is 1. The lowest BCUT2D eigenvalue weighted by Gasteiger charge is -2.30. The average Bonchev–Trinajstić information content (AvgIpc) is 3.40. The van der Waals surface area contributed by atoms with Crippen LogP contribution in [0.4, 0.5) is 0 Å². The predicted molar refractivity (Wildman–Crippen MR) is 116 cm³/mol. The Balaban J connectivity index is 1.41. The van der Waals surface area contributed by atoms with Crippen molar-refractivity contribution in [1.29, 1.82) is 0 Å². The first-order valence-corrected chi connectivity index (χ1v) is 11.8. The van der Waals surface area contributed by atoms with Crippen LogP contribution in [0.25, 0.3) is 0 Å². The number of rotatable bonds is 7. The maximum absolute atomic E-state index is 12.6. The fourth-order valence-corrected chi connectivity index (χ4v) is 4.97. The summed E-state index contributed by atoms with van der Waals surface area (Å²) in [5, 5.41) is 6.97. The monoisotopic (exact) mass is 391 g/mol. The molecule has 2 aliphatic heterocycles. The van der Waals surface area contributed by atoms with Gasteiger partial charge in [-0.1, -0.05) is 19.8 Å². The molecule has 3 rings (SSSR count). The van der Waals surface area contributed by atoms with E-state index in [1.165, 1.54) is 51.7 Å². The van der Waals surface area contributed by atoms with Crippen molar-refractivity contribution in [1.82, 2.24) is 20.4 Å². The minimum absolute atomic E-state index is 0.291. The molecule has 1 saturated carbocycles. The molecular formula is C22H41N5O. The molecule has 1 unspecified atom stereocenters. The Kier molecular flexibility index (Phi) is 8.44. The van der Waals surface area contributed by atoms with Gasteiger partial charge in [-0.25, -0.2) is 0 Å². The maximum atomic E-state index is 12.6. The molecule has 2 saturated heterocycles. The van der Waals surface area contributed by atoms with Gasteiger partial charge in [-0.05, 0) is 71.0 Å². The van der Waals surface area contributed by atoms with Crippen LogP contribution in [0.1, 0.15) is 65.2 Å². The molecule has 3 aliphatic rings. The smallest absolute Gasteiger partial charge is 0.225 e. The predicted octanol–water partition coefficient (Wildman–Crippen LogP) is 2.45. The third-order valence-electron chi connectivity index (χ3n) is 6.85. The number of likely N-dealkylation sites (tertiary alicyclic amines) is 2. The molecule has 1 aliphatic carbocycles. The first-order valence-electron chi connectivity index (χ1n) is 11.8. The van der Waals surface area contributed by atoms with E-state index in [4.69, 9.17) is 4.99 Å². The van der Waals surface area contributed by atoms with Crippen LogP contribution in [-0.2, 0) is 4.79 Å². The second-order valence-electron chi connectivity index (χ2n) is 8.82. The highest BCUT2D eigenvalue weighted by Crippen LogP contribution is 2.27. The Labute approximate surface area is 171 Å². The lowest BCUT2D eigenvalue weighted by Crippen LogP contribution is -2.45. The van der Waals surface area contributed by atoms with Gasteiger partial charge in [-0.3, -0.25) is 9.79 Å². The van der Waals surface area contributed by atoms with Crippen molar-refractivity contribution in [3.63, 3.8) is 0 Å². The van der Waals surface area contributed by atoms with E-state index in [2.05, 4.69) is 34.3 Å². The lowest BCUT2D eigenvalue weighted by molar-refractivity contribution is -0.134. The van der Waals surface area contributed by atoms with Gasteiger partial charge >= 0.3 is 0 Å². The molecule has 1 amide bonds. The van der Waals surface area contributed by atoms with Gasteiger partial charge in [0, 0.05) is 38.1 Å². The van der Waals surface area contributed by atoms with Crippen LogP contribution < -0.4 is 10.6 Å². The Morgan fingerprint density at radius 3 is 2.46 bits per heavy atom. The summed E-state index contributed by atoms with van der Waals surface area (Å²) in [6, 6.07) is 0.330. The van der Waals surface area contributed by atoms with E-state index in [0.717, 1.165) is 57.3 Å². The van der Waals surface area contributed by atoms with Gasteiger partial charge in [-0.2, -0.15) is 0 Å². The van der Waals surface area contributed by atoms with Gasteiger partial charge in [0.2, 0.25) is 5.91 Å². The van der Waals surface area contributed by atoms with Crippen LogP contribution in [0.2, 0.25) is 0 Å². The first-order chi connectivity index (χ1) is 13.7. The summed E-state index contributed by atoms with van der Waals surface area (Å²) in [6.45, 7) is 11.5. The Bertz CT molecular complexity index is 509. The van der Waals surface area contributed by atoms with Gasteiger partial charge < -0.3 is 20.4 Å². The summed E-state index contributed by atoms with van der Waals surface area (Å²) in [5.41, 5.74) is 0. The number of nitrogens with one attached hydrogen (secondary N) is 2. The van der Waals surface area contributed by atoms with Crippen molar-refractivity contribution < 1.29 is 4.79 Å². The zero-order chi connectivity index (χ0) is 19.8. The molecule has 0 bridgehead atoms. The first kappa shape index (κ1) is 21.4. The minimum atomic E-state index is 0.291. The molecule has 160 valence electrons. The van der Waals surface area contributed by atoms with Gasteiger partial charge in [0.05, 0.1) is 0 Å². The SMILES string of the molecule is CCNC(=NCCC1CCN(CC)CC1)NC1CCN(C(=O)C2CCCC2)C1. The molecule has 0 aromatic rings. The highest BCUT2D eigenvalue weighted by atomic mass is 16.2. The van der Waals surface area contributed by atoms with E-state index in [-0.39, 0.29) is 0 Å². The number of carbonyl (C=O) groups is 1. The van der Waals surface area contributed by atoms with Crippen LogP contribution in [0.15, 0.2) is 4.99 Å². The van der Waals surface area contributed by atoms with Gasteiger partial charge in [-0.15, -0.1) is 0 Å². The van der Waals surface area contributed by atoms with Crippen molar-refractivity contribution in [2.75, 3.05) is 45.8 Å². The van der Waals surface area contributed by atoms with E-state index in [9.17, 15) is 4.79 Å².